The summed E-state index contributed by atoms with van der Waals surface area (Å²) in [5, 5.41) is 0. The summed E-state index contributed by atoms with van der Waals surface area (Å²) in [6.45, 7) is 22.7. The molecule has 0 saturated carbocycles. The molecule has 0 aromatic rings. The minimum Gasteiger partial charge on any atom is -0.0810 e. The first-order valence-electron chi connectivity index (χ1n) is 11.0. The molecular weight excluding hydrogens is 324 g/mol. The van der Waals surface area contributed by atoms with Crippen LogP contribution >= 0.6 is 0 Å². The molecule has 3 atom stereocenters. The van der Waals surface area contributed by atoms with Gasteiger partial charge < -0.3 is 0 Å². The fraction of sp³-hybridized carbons (Fsp3) is 0.630. The van der Waals surface area contributed by atoms with E-state index in [2.05, 4.69) is 106 Å². The number of hydrogen-bond donors (Lipinski definition) is 0. The van der Waals surface area contributed by atoms with E-state index in [1.54, 1.807) is 0 Å². The van der Waals surface area contributed by atoms with E-state index < -0.39 is 0 Å². The van der Waals surface area contributed by atoms with Crippen LogP contribution in [0.25, 0.3) is 0 Å². The van der Waals surface area contributed by atoms with Gasteiger partial charge in [0.1, 0.15) is 0 Å². The highest BCUT2D eigenvalue weighted by atomic mass is 14.1. The third-order valence-electron chi connectivity index (χ3n) is 5.88. The van der Waals surface area contributed by atoms with Crippen molar-refractivity contribution < 1.29 is 0 Å². The molecule has 0 radical (unpaired) electrons. The molecule has 0 aliphatic carbocycles. The van der Waals surface area contributed by atoms with Gasteiger partial charge in [-0.25, -0.2) is 0 Å². The van der Waals surface area contributed by atoms with Crippen molar-refractivity contribution in [3.8, 4) is 0 Å². The molecule has 0 heteroatoms. The van der Waals surface area contributed by atoms with Crippen LogP contribution in [-0.4, -0.2) is 0 Å². The lowest BCUT2D eigenvalue weighted by Crippen LogP contribution is -1.99. The standard InChI is InChI=1S/C27H46/c1-11-21(4)13-15-23(6)25(8)17-19-27(10)26(9)18-16-24(7)22(5)14-12-20(2)3/h13,15-20,22,25,27H,11-12,14H2,1-10H3/b19-17-,21-13+,23-15+,24-16+,26-18+. The van der Waals surface area contributed by atoms with E-state index in [-0.39, 0.29) is 0 Å². The Hall–Kier alpha value is -1.30. The number of rotatable bonds is 11. The smallest absolute Gasteiger partial charge is 0.00511 e. The van der Waals surface area contributed by atoms with Crippen LogP contribution in [0.4, 0.5) is 0 Å². The first-order chi connectivity index (χ1) is 12.6. The zero-order valence-electron chi connectivity index (χ0n) is 19.9. The van der Waals surface area contributed by atoms with Crippen LogP contribution in [-0.2, 0) is 0 Å². The van der Waals surface area contributed by atoms with Gasteiger partial charge in [0.05, 0.1) is 0 Å². The highest BCUT2D eigenvalue weighted by Crippen LogP contribution is 2.21. The maximum Gasteiger partial charge on any atom is -0.00511 e. The van der Waals surface area contributed by atoms with Crippen LogP contribution in [0.15, 0.2) is 58.7 Å². The van der Waals surface area contributed by atoms with Gasteiger partial charge in [-0.2, -0.15) is 0 Å². The second-order valence-electron chi connectivity index (χ2n) is 8.93. The Labute approximate surface area is 171 Å². The van der Waals surface area contributed by atoms with Crippen molar-refractivity contribution >= 4 is 0 Å². The van der Waals surface area contributed by atoms with Crippen LogP contribution in [0.5, 0.6) is 0 Å². The minimum absolute atomic E-state index is 0.475. The molecular formula is C27H46. The van der Waals surface area contributed by atoms with Crippen molar-refractivity contribution in [2.75, 3.05) is 0 Å². The second kappa shape index (κ2) is 13.8. The molecule has 154 valence electrons. The van der Waals surface area contributed by atoms with E-state index >= 15 is 0 Å². The molecule has 0 aromatic heterocycles. The van der Waals surface area contributed by atoms with Gasteiger partial charge in [-0.05, 0) is 64.2 Å². The fourth-order valence-electron chi connectivity index (χ4n) is 2.57. The van der Waals surface area contributed by atoms with Gasteiger partial charge in [-0.1, -0.05) is 107 Å². The largest absolute Gasteiger partial charge is 0.0810 e. The molecule has 0 fully saturated rings. The molecule has 0 aliphatic rings. The Morgan fingerprint density at radius 2 is 1.07 bits per heavy atom. The van der Waals surface area contributed by atoms with Crippen molar-refractivity contribution in [1.82, 2.24) is 0 Å². The van der Waals surface area contributed by atoms with Crippen LogP contribution in [0.2, 0.25) is 0 Å². The summed E-state index contributed by atoms with van der Waals surface area (Å²) in [5.74, 6) is 2.43. The molecule has 0 N–H and O–H groups in total. The van der Waals surface area contributed by atoms with Gasteiger partial charge in [0.25, 0.3) is 0 Å². The number of hydrogen-bond acceptors (Lipinski definition) is 0. The lowest BCUT2D eigenvalue weighted by Gasteiger charge is -2.14. The van der Waals surface area contributed by atoms with Crippen molar-refractivity contribution in [1.29, 1.82) is 0 Å². The summed E-state index contributed by atoms with van der Waals surface area (Å²) in [6, 6.07) is 0. The third kappa shape index (κ3) is 11.9. The van der Waals surface area contributed by atoms with E-state index in [0.717, 1.165) is 12.3 Å². The van der Waals surface area contributed by atoms with Gasteiger partial charge in [-0.3, -0.25) is 0 Å². The molecule has 0 aromatic carbocycles. The molecule has 27 heavy (non-hydrogen) atoms. The lowest BCUT2D eigenvalue weighted by atomic mass is 9.92. The third-order valence-corrected chi connectivity index (χ3v) is 5.88. The van der Waals surface area contributed by atoms with E-state index in [1.165, 1.54) is 35.1 Å². The molecule has 0 nitrogen and oxygen atoms in total. The Kier molecular flexibility index (Phi) is 13.1. The molecule has 0 spiro atoms. The van der Waals surface area contributed by atoms with Crippen LogP contribution in [0, 0.1) is 23.7 Å². The molecule has 0 heterocycles. The van der Waals surface area contributed by atoms with Gasteiger partial charge in [0.15, 0.2) is 0 Å². The summed E-state index contributed by atoms with van der Waals surface area (Å²) in [6.07, 6.45) is 17.6. The summed E-state index contributed by atoms with van der Waals surface area (Å²) in [7, 11) is 0. The van der Waals surface area contributed by atoms with E-state index in [1.807, 2.05) is 0 Å². The maximum absolute atomic E-state index is 2.36. The molecule has 0 aliphatic heterocycles. The predicted molar refractivity (Wildman–Crippen MR) is 126 cm³/mol. The zero-order valence-corrected chi connectivity index (χ0v) is 19.9. The van der Waals surface area contributed by atoms with Crippen LogP contribution in [0.1, 0.15) is 88.5 Å². The molecule has 0 amide bonds. The Bertz CT molecular complexity index is 563. The predicted octanol–water partition coefficient (Wildman–Crippen LogP) is 9.08. The maximum atomic E-state index is 2.36. The topological polar surface area (TPSA) is 0 Å². The van der Waals surface area contributed by atoms with Crippen molar-refractivity contribution in [3.63, 3.8) is 0 Å². The summed E-state index contributed by atoms with van der Waals surface area (Å²) in [5.41, 5.74) is 5.78. The first-order valence-corrected chi connectivity index (χ1v) is 11.0. The van der Waals surface area contributed by atoms with Gasteiger partial charge in [0.2, 0.25) is 0 Å². The SMILES string of the molecule is CC/C(C)=C/C=C(\C)C(C)/C=C\C(C)/C(C)=C/C=C(\C)C(C)CCC(C)C. The van der Waals surface area contributed by atoms with Crippen molar-refractivity contribution in [2.45, 2.75) is 88.5 Å². The summed E-state index contributed by atoms with van der Waals surface area (Å²) in [4.78, 5) is 0. The molecule has 0 rings (SSSR count). The normalized spacial score (nSPS) is 18.3. The number of allylic oxidation sites excluding steroid dienone is 10. The van der Waals surface area contributed by atoms with Crippen molar-refractivity contribution in [3.05, 3.63) is 58.7 Å². The Morgan fingerprint density at radius 3 is 1.52 bits per heavy atom. The minimum atomic E-state index is 0.475. The monoisotopic (exact) mass is 370 g/mol. The highest BCUT2D eigenvalue weighted by Gasteiger charge is 2.06. The quantitative estimate of drug-likeness (QED) is 0.251. The average Bonchev–Trinajstić information content (AvgIpc) is 2.64. The molecule has 0 saturated heterocycles. The lowest BCUT2D eigenvalue weighted by molar-refractivity contribution is 0.489. The zero-order chi connectivity index (χ0) is 21.0. The van der Waals surface area contributed by atoms with Gasteiger partial charge in [0, 0.05) is 0 Å². The average molecular weight is 371 g/mol. The molecule has 0 bridgehead atoms. The molecule has 3 unspecified atom stereocenters. The van der Waals surface area contributed by atoms with E-state index in [9.17, 15) is 0 Å². The fourth-order valence-corrected chi connectivity index (χ4v) is 2.57. The van der Waals surface area contributed by atoms with Gasteiger partial charge in [-0.15, -0.1) is 0 Å². The Balaban J connectivity index is 4.83. The van der Waals surface area contributed by atoms with E-state index in [4.69, 9.17) is 0 Å². The van der Waals surface area contributed by atoms with Gasteiger partial charge >= 0.3 is 0 Å². The summed E-state index contributed by atoms with van der Waals surface area (Å²) >= 11 is 0. The van der Waals surface area contributed by atoms with E-state index in [0.29, 0.717) is 17.8 Å². The van der Waals surface area contributed by atoms with Crippen LogP contribution < -0.4 is 0 Å². The summed E-state index contributed by atoms with van der Waals surface area (Å²) < 4.78 is 0. The highest BCUT2D eigenvalue weighted by molar-refractivity contribution is 5.23. The first kappa shape index (κ1) is 25.7. The Morgan fingerprint density at radius 1 is 0.630 bits per heavy atom. The second-order valence-corrected chi connectivity index (χ2v) is 8.93. The van der Waals surface area contributed by atoms with Crippen LogP contribution in [0.3, 0.4) is 0 Å². The van der Waals surface area contributed by atoms with Crippen molar-refractivity contribution in [2.24, 2.45) is 23.7 Å².